The zero-order valence-corrected chi connectivity index (χ0v) is 11.4. The Bertz CT molecular complexity index is 559. The van der Waals surface area contributed by atoms with E-state index in [4.69, 9.17) is 0 Å². The predicted octanol–water partition coefficient (Wildman–Crippen LogP) is 2.58. The molecule has 0 bridgehead atoms. The van der Waals surface area contributed by atoms with E-state index in [0.29, 0.717) is 6.42 Å². The van der Waals surface area contributed by atoms with Gasteiger partial charge in [0.05, 0.1) is 6.04 Å². The second-order valence-corrected chi connectivity index (χ2v) is 4.52. The summed E-state index contributed by atoms with van der Waals surface area (Å²) in [5, 5.41) is 11.3. The fraction of sp³-hybridized carbons (Fsp3) is 0.357. The minimum absolute atomic E-state index is 0.0558. The summed E-state index contributed by atoms with van der Waals surface area (Å²) in [4.78, 5) is 11.5. The lowest BCUT2D eigenvalue weighted by molar-refractivity contribution is 0.0988. The van der Waals surface area contributed by atoms with Crippen LogP contribution in [0.15, 0.2) is 30.6 Å². The SMILES string of the molecule is CCC(=O)c1ccc(NC(C)c2nncn2C)cc1. The third kappa shape index (κ3) is 2.99. The Balaban J connectivity index is 2.08. The van der Waals surface area contributed by atoms with E-state index in [2.05, 4.69) is 15.5 Å². The summed E-state index contributed by atoms with van der Waals surface area (Å²) in [7, 11) is 1.91. The maximum Gasteiger partial charge on any atom is 0.162 e. The van der Waals surface area contributed by atoms with Crippen molar-refractivity contribution >= 4 is 11.5 Å². The third-order valence-electron chi connectivity index (χ3n) is 3.04. The van der Waals surface area contributed by atoms with Gasteiger partial charge in [-0.15, -0.1) is 10.2 Å². The van der Waals surface area contributed by atoms with Crippen LogP contribution < -0.4 is 5.32 Å². The van der Waals surface area contributed by atoms with Gasteiger partial charge in [0.2, 0.25) is 0 Å². The van der Waals surface area contributed by atoms with Crippen molar-refractivity contribution in [2.24, 2.45) is 7.05 Å². The molecule has 5 nitrogen and oxygen atoms in total. The number of rotatable bonds is 5. The molecule has 1 N–H and O–H groups in total. The molecule has 0 aliphatic carbocycles. The van der Waals surface area contributed by atoms with Gasteiger partial charge in [-0.3, -0.25) is 4.79 Å². The van der Waals surface area contributed by atoms with Crippen molar-refractivity contribution in [1.82, 2.24) is 14.8 Å². The fourth-order valence-corrected chi connectivity index (χ4v) is 1.96. The Morgan fingerprint density at radius 3 is 2.58 bits per heavy atom. The molecule has 1 heterocycles. The van der Waals surface area contributed by atoms with Crippen LogP contribution in [0.3, 0.4) is 0 Å². The fourth-order valence-electron chi connectivity index (χ4n) is 1.96. The van der Waals surface area contributed by atoms with E-state index in [1.54, 1.807) is 6.33 Å². The summed E-state index contributed by atoms with van der Waals surface area (Å²) in [6.45, 7) is 3.89. The normalized spacial score (nSPS) is 12.2. The Morgan fingerprint density at radius 1 is 1.37 bits per heavy atom. The molecule has 2 rings (SSSR count). The van der Waals surface area contributed by atoms with Gasteiger partial charge in [0.15, 0.2) is 11.6 Å². The Hall–Kier alpha value is -2.17. The number of benzene rings is 1. The van der Waals surface area contributed by atoms with Crippen LogP contribution in [0.25, 0.3) is 0 Å². The molecule has 1 aromatic heterocycles. The quantitative estimate of drug-likeness (QED) is 0.837. The Labute approximate surface area is 112 Å². The second-order valence-electron chi connectivity index (χ2n) is 4.52. The molecule has 1 aromatic carbocycles. The van der Waals surface area contributed by atoms with Crippen molar-refractivity contribution in [3.8, 4) is 0 Å². The lowest BCUT2D eigenvalue weighted by Crippen LogP contribution is -2.12. The van der Waals surface area contributed by atoms with Crippen LogP contribution in [-0.4, -0.2) is 20.5 Å². The molecular weight excluding hydrogens is 240 g/mol. The Morgan fingerprint density at radius 2 is 2.05 bits per heavy atom. The highest BCUT2D eigenvalue weighted by Gasteiger charge is 2.11. The van der Waals surface area contributed by atoms with Crippen LogP contribution in [0.4, 0.5) is 5.69 Å². The van der Waals surface area contributed by atoms with Crippen LogP contribution in [0.5, 0.6) is 0 Å². The molecule has 2 aromatic rings. The van der Waals surface area contributed by atoms with E-state index in [0.717, 1.165) is 17.1 Å². The molecule has 0 amide bonds. The van der Waals surface area contributed by atoms with Gasteiger partial charge >= 0.3 is 0 Å². The van der Waals surface area contributed by atoms with Gasteiger partial charge in [-0.1, -0.05) is 6.92 Å². The average molecular weight is 258 g/mol. The van der Waals surface area contributed by atoms with Crippen LogP contribution in [0.1, 0.15) is 42.5 Å². The first-order chi connectivity index (χ1) is 9.11. The number of nitrogens with one attached hydrogen (secondary N) is 1. The lowest BCUT2D eigenvalue weighted by Gasteiger charge is -2.14. The van der Waals surface area contributed by atoms with Crippen molar-refractivity contribution in [2.75, 3.05) is 5.32 Å². The number of Topliss-reactive ketones (excluding diaryl/α,β-unsaturated/α-hetero) is 1. The van der Waals surface area contributed by atoms with Gasteiger partial charge in [0.1, 0.15) is 6.33 Å². The first-order valence-electron chi connectivity index (χ1n) is 6.35. The number of carbonyl (C=O) groups is 1. The first kappa shape index (κ1) is 13.3. The summed E-state index contributed by atoms with van der Waals surface area (Å²) in [5.41, 5.74) is 1.71. The molecule has 0 spiro atoms. The standard InChI is InChI=1S/C14H18N4O/c1-4-13(19)11-5-7-12(8-6-11)16-10(2)14-17-15-9-18(14)3/h5-10,16H,4H2,1-3H3. The third-order valence-corrected chi connectivity index (χ3v) is 3.04. The number of carbonyl (C=O) groups excluding carboxylic acids is 1. The topological polar surface area (TPSA) is 59.8 Å². The van der Waals surface area contributed by atoms with Gasteiger partial charge in [0, 0.05) is 24.7 Å². The van der Waals surface area contributed by atoms with Gasteiger partial charge in [-0.2, -0.15) is 0 Å². The average Bonchev–Trinajstić information content (AvgIpc) is 2.85. The maximum absolute atomic E-state index is 11.5. The van der Waals surface area contributed by atoms with Gasteiger partial charge < -0.3 is 9.88 Å². The molecule has 19 heavy (non-hydrogen) atoms. The number of aromatic nitrogens is 3. The molecule has 5 heteroatoms. The van der Waals surface area contributed by atoms with Gasteiger partial charge in [0.25, 0.3) is 0 Å². The second kappa shape index (κ2) is 5.65. The molecular formula is C14H18N4O. The molecule has 1 atom stereocenters. The summed E-state index contributed by atoms with van der Waals surface area (Å²) in [6, 6.07) is 7.57. The van der Waals surface area contributed by atoms with Crippen molar-refractivity contribution in [1.29, 1.82) is 0 Å². The van der Waals surface area contributed by atoms with Crippen LogP contribution in [0.2, 0.25) is 0 Å². The van der Waals surface area contributed by atoms with E-state index in [1.165, 1.54) is 0 Å². The van der Waals surface area contributed by atoms with Crippen LogP contribution in [0, 0.1) is 0 Å². The summed E-state index contributed by atoms with van der Waals surface area (Å²) in [6.07, 6.45) is 2.21. The van der Waals surface area contributed by atoms with Crippen molar-refractivity contribution in [2.45, 2.75) is 26.3 Å². The molecule has 0 aliphatic heterocycles. The molecule has 0 aliphatic rings. The van der Waals surface area contributed by atoms with Crippen molar-refractivity contribution < 1.29 is 4.79 Å². The number of aryl methyl sites for hydroxylation is 1. The van der Waals surface area contributed by atoms with Gasteiger partial charge in [-0.05, 0) is 31.2 Å². The van der Waals surface area contributed by atoms with E-state index < -0.39 is 0 Å². The molecule has 0 saturated carbocycles. The monoisotopic (exact) mass is 258 g/mol. The summed E-state index contributed by atoms with van der Waals surface area (Å²) in [5.74, 6) is 1.03. The van der Waals surface area contributed by atoms with Crippen molar-refractivity contribution in [3.63, 3.8) is 0 Å². The van der Waals surface area contributed by atoms with E-state index >= 15 is 0 Å². The lowest BCUT2D eigenvalue weighted by atomic mass is 10.1. The van der Waals surface area contributed by atoms with E-state index in [-0.39, 0.29) is 11.8 Å². The zero-order chi connectivity index (χ0) is 13.8. The largest absolute Gasteiger partial charge is 0.375 e. The van der Waals surface area contributed by atoms with E-state index in [1.807, 2.05) is 49.7 Å². The van der Waals surface area contributed by atoms with Gasteiger partial charge in [-0.25, -0.2) is 0 Å². The Kier molecular flexibility index (Phi) is 3.94. The smallest absolute Gasteiger partial charge is 0.162 e. The molecule has 0 fully saturated rings. The number of anilines is 1. The maximum atomic E-state index is 11.5. The minimum atomic E-state index is 0.0558. The minimum Gasteiger partial charge on any atom is -0.375 e. The highest BCUT2D eigenvalue weighted by Crippen LogP contribution is 2.18. The van der Waals surface area contributed by atoms with Crippen LogP contribution in [-0.2, 0) is 7.05 Å². The number of hydrogen-bond acceptors (Lipinski definition) is 4. The number of ketones is 1. The number of nitrogens with zero attached hydrogens (tertiary/aromatic N) is 3. The van der Waals surface area contributed by atoms with Crippen molar-refractivity contribution in [3.05, 3.63) is 42.0 Å². The summed E-state index contributed by atoms with van der Waals surface area (Å²) >= 11 is 0. The predicted molar refractivity (Wildman–Crippen MR) is 74.1 cm³/mol. The molecule has 0 saturated heterocycles. The molecule has 100 valence electrons. The highest BCUT2D eigenvalue weighted by molar-refractivity contribution is 5.96. The zero-order valence-electron chi connectivity index (χ0n) is 11.4. The van der Waals surface area contributed by atoms with Crippen LogP contribution >= 0.6 is 0 Å². The first-order valence-corrected chi connectivity index (χ1v) is 6.35. The molecule has 0 radical (unpaired) electrons. The highest BCUT2D eigenvalue weighted by atomic mass is 16.1. The molecule has 1 unspecified atom stereocenters. The number of hydrogen-bond donors (Lipinski definition) is 1. The summed E-state index contributed by atoms with van der Waals surface area (Å²) < 4.78 is 1.88. The van der Waals surface area contributed by atoms with E-state index in [9.17, 15) is 4.79 Å².